The van der Waals surface area contributed by atoms with Gasteiger partial charge in [0.2, 0.25) is 0 Å². The summed E-state index contributed by atoms with van der Waals surface area (Å²) in [5.41, 5.74) is 1.42. The van der Waals surface area contributed by atoms with Crippen molar-refractivity contribution in [3.05, 3.63) is 35.9 Å². The van der Waals surface area contributed by atoms with Crippen LogP contribution in [0, 0.1) is 0 Å². The molecule has 0 aromatic heterocycles. The molecule has 3 heteroatoms. The van der Waals surface area contributed by atoms with E-state index in [9.17, 15) is 5.11 Å². The average molecular weight is 274 g/mol. The van der Waals surface area contributed by atoms with Crippen molar-refractivity contribution in [3.8, 4) is 0 Å². The molecule has 2 heterocycles. The van der Waals surface area contributed by atoms with Gasteiger partial charge in [-0.3, -0.25) is 9.80 Å². The van der Waals surface area contributed by atoms with Gasteiger partial charge >= 0.3 is 0 Å². The zero-order valence-electron chi connectivity index (χ0n) is 12.6. The number of hydrogen-bond acceptors (Lipinski definition) is 3. The zero-order valence-corrected chi connectivity index (χ0v) is 12.6. The Morgan fingerprint density at radius 2 is 1.95 bits per heavy atom. The first-order valence-electron chi connectivity index (χ1n) is 7.84. The van der Waals surface area contributed by atoms with E-state index in [1.165, 1.54) is 5.56 Å². The zero-order chi connectivity index (χ0) is 14.1. The summed E-state index contributed by atoms with van der Waals surface area (Å²) in [5.74, 6) is 0.566. The highest BCUT2D eigenvalue weighted by atomic mass is 16.3. The standard InChI is InChI=1S/C17H26N2O/c1-13(15-6-4-3-5-7-15)9-18-11-16-8-17(20)12-19(16)10-14(18)2/h3-7,13-14,16-17,20H,8-12H2,1-2H3/t13?,14-,16?,17+/m0/s1. The van der Waals surface area contributed by atoms with E-state index in [0.717, 1.165) is 32.6 Å². The van der Waals surface area contributed by atoms with Gasteiger partial charge in [0.15, 0.2) is 0 Å². The van der Waals surface area contributed by atoms with Crippen molar-refractivity contribution in [1.82, 2.24) is 9.80 Å². The third-order valence-electron chi connectivity index (χ3n) is 4.95. The number of hydrogen-bond donors (Lipinski definition) is 1. The summed E-state index contributed by atoms with van der Waals surface area (Å²) in [6.07, 6.45) is 0.835. The summed E-state index contributed by atoms with van der Waals surface area (Å²) in [6.45, 7) is 8.83. The highest BCUT2D eigenvalue weighted by molar-refractivity contribution is 5.19. The van der Waals surface area contributed by atoms with Gasteiger partial charge in [0.05, 0.1) is 6.10 Å². The van der Waals surface area contributed by atoms with E-state index >= 15 is 0 Å². The fraction of sp³-hybridized carbons (Fsp3) is 0.647. The van der Waals surface area contributed by atoms with Crippen LogP contribution in [0.2, 0.25) is 0 Å². The van der Waals surface area contributed by atoms with Crippen LogP contribution in [0.3, 0.4) is 0 Å². The fourth-order valence-corrected chi connectivity index (χ4v) is 3.77. The maximum atomic E-state index is 9.83. The molecular formula is C17H26N2O. The lowest BCUT2D eigenvalue weighted by atomic mass is 9.98. The Morgan fingerprint density at radius 1 is 1.20 bits per heavy atom. The first-order valence-corrected chi connectivity index (χ1v) is 7.84. The first kappa shape index (κ1) is 14.1. The van der Waals surface area contributed by atoms with Gasteiger partial charge in [-0.15, -0.1) is 0 Å². The molecule has 0 saturated carbocycles. The molecule has 2 aliphatic rings. The Hall–Kier alpha value is -0.900. The second-order valence-electron chi connectivity index (χ2n) is 6.61. The molecule has 2 saturated heterocycles. The number of benzene rings is 1. The smallest absolute Gasteiger partial charge is 0.0682 e. The lowest BCUT2D eigenvalue weighted by Gasteiger charge is -2.43. The second-order valence-corrected chi connectivity index (χ2v) is 6.61. The number of fused-ring (bicyclic) bond motifs is 1. The number of piperazine rings is 1. The molecule has 1 N–H and O–H groups in total. The van der Waals surface area contributed by atoms with Gasteiger partial charge in [-0.05, 0) is 24.8 Å². The van der Waals surface area contributed by atoms with E-state index < -0.39 is 0 Å². The molecule has 110 valence electrons. The predicted molar refractivity (Wildman–Crippen MR) is 81.9 cm³/mol. The van der Waals surface area contributed by atoms with Crippen LogP contribution in [-0.4, -0.2) is 59.3 Å². The Morgan fingerprint density at radius 3 is 2.70 bits per heavy atom. The van der Waals surface area contributed by atoms with E-state index in [-0.39, 0.29) is 6.10 Å². The summed E-state index contributed by atoms with van der Waals surface area (Å²) in [7, 11) is 0. The predicted octanol–water partition coefficient (Wildman–Crippen LogP) is 1.93. The highest BCUT2D eigenvalue weighted by Crippen LogP contribution is 2.27. The summed E-state index contributed by atoms with van der Waals surface area (Å²) in [4.78, 5) is 5.08. The van der Waals surface area contributed by atoms with Crippen LogP contribution >= 0.6 is 0 Å². The Kier molecular flexibility index (Phi) is 4.11. The maximum Gasteiger partial charge on any atom is 0.0682 e. The highest BCUT2D eigenvalue weighted by Gasteiger charge is 2.38. The molecule has 20 heavy (non-hydrogen) atoms. The van der Waals surface area contributed by atoms with Crippen molar-refractivity contribution >= 4 is 0 Å². The topological polar surface area (TPSA) is 26.7 Å². The first-order chi connectivity index (χ1) is 9.63. The van der Waals surface area contributed by atoms with Crippen molar-refractivity contribution in [1.29, 1.82) is 0 Å². The monoisotopic (exact) mass is 274 g/mol. The maximum absolute atomic E-state index is 9.83. The fourth-order valence-electron chi connectivity index (χ4n) is 3.77. The molecule has 4 atom stereocenters. The van der Waals surface area contributed by atoms with Crippen molar-refractivity contribution in [2.45, 2.75) is 44.4 Å². The molecular weight excluding hydrogens is 248 g/mol. The summed E-state index contributed by atoms with van der Waals surface area (Å²) < 4.78 is 0. The van der Waals surface area contributed by atoms with E-state index in [1.54, 1.807) is 0 Å². The SMILES string of the molecule is CC(CN1CC2C[C@@H](O)CN2C[C@@H]1C)c1ccccc1. The molecule has 3 rings (SSSR count). The summed E-state index contributed by atoms with van der Waals surface area (Å²) in [5, 5.41) is 9.83. The van der Waals surface area contributed by atoms with Gasteiger partial charge < -0.3 is 5.11 Å². The molecule has 0 aliphatic carbocycles. The molecule has 0 radical (unpaired) electrons. The van der Waals surface area contributed by atoms with Gasteiger partial charge in [0.1, 0.15) is 0 Å². The minimum Gasteiger partial charge on any atom is -0.392 e. The number of aliphatic hydroxyl groups is 1. The number of nitrogens with zero attached hydrogens (tertiary/aromatic N) is 2. The van der Waals surface area contributed by atoms with Gasteiger partial charge in [-0.25, -0.2) is 0 Å². The molecule has 1 aromatic carbocycles. The lowest BCUT2D eigenvalue weighted by molar-refractivity contribution is 0.0549. The van der Waals surface area contributed by atoms with Gasteiger partial charge in [0, 0.05) is 38.3 Å². The quantitative estimate of drug-likeness (QED) is 0.912. The van der Waals surface area contributed by atoms with Gasteiger partial charge in [-0.1, -0.05) is 37.3 Å². The summed E-state index contributed by atoms with van der Waals surface area (Å²) in [6, 6.07) is 11.9. The molecule has 2 unspecified atom stereocenters. The third-order valence-corrected chi connectivity index (χ3v) is 4.95. The van der Waals surface area contributed by atoms with Crippen LogP contribution in [0.25, 0.3) is 0 Å². The molecule has 2 fully saturated rings. The number of aliphatic hydroxyl groups excluding tert-OH is 1. The van der Waals surface area contributed by atoms with Crippen LogP contribution in [0.15, 0.2) is 30.3 Å². The molecule has 3 nitrogen and oxygen atoms in total. The van der Waals surface area contributed by atoms with Crippen molar-refractivity contribution in [2.75, 3.05) is 26.2 Å². The largest absolute Gasteiger partial charge is 0.392 e. The molecule has 0 spiro atoms. The van der Waals surface area contributed by atoms with Crippen molar-refractivity contribution in [2.24, 2.45) is 0 Å². The minimum absolute atomic E-state index is 0.112. The van der Waals surface area contributed by atoms with Crippen molar-refractivity contribution < 1.29 is 5.11 Å². The van der Waals surface area contributed by atoms with Crippen LogP contribution in [0.1, 0.15) is 31.7 Å². The number of rotatable bonds is 3. The molecule has 0 bridgehead atoms. The third kappa shape index (κ3) is 2.90. The van der Waals surface area contributed by atoms with Crippen LogP contribution in [0.5, 0.6) is 0 Å². The van der Waals surface area contributed by atoms with Gasteiger partial charge in [-0.2, -0.15) is 0 Å². The molecule has 2 aliphatic heterocycles. The van der Waals surface area contributed by atoms with Crippen LogP contribution < -0.4 is 0 Å². The van der Waals surface area contributed by atoms with Crippen LogP contribution in [-0.2, 0) is 0 Å². The van der Waals surface area contributed by atoms with E-state index in [4.69, 9.17) is 0 Å². The summed E-state index contributed by atoms with van der Waals surface area (Å²) >= 11 is 0. The normalized spacial score (nSPS) is 33.0. The average Bonchev–Trinajstić information content (AvgIpc) is 2.79. The van der Waals surface area contributed by atoms with E-state index in [0.29, 0.717) is 18.0 Å². The van der Waals surface area contributed by atoms with Gasteiger partial charge in [0.25, 0.3) is 0 Å². The van der Waals surface area contributed by atoms with E-state index in [2.05, 4.69) is 54.0 Å². The Labute approximate surface area is 122 Å². The second kappa shape index (κ2) is 5.84. The Balaban J connectivity index is 1.63. The molecule has 1 aromatic rings. The van der Waals surface area contributed by atoms with Crippen LogP contribution in [0.4, 0.5) is 0 Å². The van der Waals surface area contributed by atoms with Crippen molar-refractivity contribution in [3.63, 3.8) is 0 Å². The molecule has 0 amide bonds. The Bertz CT molecular complexity index is 436. The van der Waals surface area contributed by atoms with E-state index in [1.807, 2.05) is 0 Å². The lowest BCUT2D eigenvalue weighted by Crippen LogP contribution is -2.55. The minimum atomic E-state index is -0.112.